The third kappa shape index (κ3) is 5.43. The van der Waals surface area contributed by atoms with Gasteiger partial charge in [0.1, 0.15) is 0 Å². The molecule has 1 atom stereocenters. The standard InChI is InChI=1S/C17H36N2/c1-4-5-6-7-11-14-17(2,15-18)19(3)16-12-9-8-10-13-16/h16H,4-15,18H2,1-3H3. The highest BCUT2D eigenvalue weighted by molar-refractivity contribution is 4.90. The normalized spacial score (nSPS) is 20.7. The van der Waals surface area contributed by atoms with Crippen molar-refractivity contribution in [3.05, 3.63) is 0 Å². The predicted octanol–water partition coefficient (Wildman–Crippen LogP) is 4.33. The molecule has 19 heavy (non-hydrogen) atoms. The van der Waals surface area contributed by atoms with E-state index in [0.717, 1.165) is 12.6 Å². The van der Waals surface area contributed by atoms with E-state index < -0.39 is 0 Å². The average Bonchev–Trinajstić information content (AvgIpc) is 2.47. The van der Waals surface area contributed by atoms with Crippen LogP contribution in [0, 0.1) is 0 Å². The number of hydrogen-bond acceptors (Lipinski definition) is 2. The summed E-state index contributed by atoms with van der Waals surface area (Å²) >= 11 is 0. The molecule has 0 bridgehead atoms. The molecular weight excluding hydrogens is 232 g/mol. The van der Waals surface area contributed by atoms with Gasteiger partial charge in [-0.05, 0) is 33.2 Å². The summed E-state index contributed by atoms with van der Waals surface area (Å²) in [6.45, 7) is 5.45. The molecule has 1 saturated carbocycles. The first-order valence-electron chi connectivity index (χ1n) is 8.57. The van der Waals surface area contributed by atoms with Crippen molar-refractivity contribution in [2.45, 2.75) is 96.1 Å². The Hall–Kier alpha value is -0.0800. The Morgan fingerprint density at radius 1 is 1.05 bits per heavy atom. The van der Waals surface area contributed by atoms with Crippen molar-refractivity contribution in [3.63, 3.8) is 0 Å². The van der Waals surface area contributed by atoms with Crippen LogP contribution in [-0.2, 0) is 0 Å². The van der Waals surface area contributed by atoms with Crippen molar-refractivity contribution in [2.75, 3.05) is 13.6 Å². The van der Waals surface area contributed by atoms with Gasteiger partial charge in [-0.15, -0.1) is 0 Å². The first kappa shape index (κ1) is 17.0. The lowest BCUT2D eigenvalue weighted by Gasteiger charge is -2.44. The zero-order chi connectivity index (χ0) is 14.1. The summed E-state index contributed by atoms with van der Waals surface area (Å²) in [5, 5.41) is 0. The largest absolute Gasteiger partial charge is 0.329 e. The molecule has 114 valence electrons. The van der Waals surface area contributed by atoms with E-state index in [1.54, 1.807) is 0 Å². The minimum absolute atomic E-state index is 0.216. The fourth-order valence-electron chi connectivity index (χ4n) is 3.44. The lowest BCUT2D eigenvalue weighted by Crippen LogP contribution is -2.54. The number of rotatable bonds is 9. The van der Waals surface area contributed by atoms with E-state index in [1.807, 2.05) is 0 Å². The zero-order valence-electron chi connectivity index (χ0n) is 13.6. The molecule has 0 amide bonds. The molecule has 0 aliphatic heterocycles. The predicted molar refractivity (Wildman–Crippen MR) is 85.5 cm³/mol. The third-order valence-corrected chi connectivity index (χ3v) is 5.23. The van der Waals surface area contributed by atoms with Gasteiger partial charge >= 0.3 is 0 Å². The van der Waals surface area contributed by atoms with Gasteiger partial charge < -0.3 is 5.73 Å². The SMILES string of the molecule is CCCCCCCC(C)(CN)N(C)C1CCCCC1. The maximum absolute atomic E-state index is 6.11. The summed E-state index contributed by atoms with van der Waals surface area (Å²) in [6.07, 6.45) is 15.1. The molecule has 0 aromatic rings. The van der Waals surface area contributed by atoms with E-state index in [2.05, 4.69) is 25.8 Å². The van der Waals surface area contributed by atoms with E-state index in [9.17, 15) is 0 Å². The van der Waals surface area contributed by atoms with Gasteiger partial charge in [0.2, 0.25) is 0 Å². The Kier molecular flexibility index (Phi) is 8.01. The van der Waals surface area contributed by atoms with Crippen LogP contribution in [0.5, 0.6) is 0 Å². The minimum Gasteiger partial charge on any atom is -0.329 e. The van der Waals surface area contributed by atoms with Gasteiger partial charge in [0.15, 0.2) is 0 Å². The molecule has 2 nitrogen and oxygen atoms in total. The van der Waals surface area contributed by atoms with Gasteiger partial charge in [0.05, 0.1) is 0 Å². The summed E-state index contributed by atoms with van der Waals surface area (Å²) in [6, 6.07) is 0.776. The maximum atomic E-state index is 6.11. The molecule has 1 rings (SSSR count). The maximum Gasteiger partial charge on any atom is 0.0303 e. The van der Waals surface area contributed by atoms with Gasteiger partial charge in [0, 0.05) is 18.1 Å². The third-order valence-electron chi connectivity index (χ3n) is 5.23. The summed E-state index contributed by atoms with van der Waals surface area (Å²) < 4.78 is 0. The Labute approximate surface area is 121 Å². The molecule has 2 N–H and O–H groups in total. The lowest BCUT2D eigenvalue weighted by atomic mass is 9.87. The van der Waals surface area contributed by atoms with E-state index in [-0.39, 0.29) is 5.54 Å². The highest BCUT2D eigenvalue weighted by atomic mass is 15.2. The van der Waals surface area contributed by atoms with Crippen LogP contribution in [0.4, 0.5) is 0 Å². The summed E-state index contributed by atoms with van der Waals surface area (Å²) in [7, 11) is 2.31. The van der Waals surface area contributed by atoms with Crippen LogP contribution in [0.15, 0.2) is 0 Å². The van der Waals surface area contributed by atoms with E-state index in [0.29, 0.717) is 0 Å². The van der Waals surface area contributed by atoms with Crippen LogP contribution in [0.2, 0.25) is 0 Å². The molecular formula is C17H36N2. The fraction of sp³-hybridized carbons (Fsp3) is 1.00. The first-order chi connectivity index (χ1) is 9.14. The number of nitrogens with zero attached hydrogens (tertiary/aromatic N) is 1. The van der Waals surface area contributed by atoms with Crippen LogP contribution < -0.4 is 5.73 Å². The summed E-state index contributed by atoms with van der Waals surface area (Å²) in [5.74, 6) is 0. The van der Waals surface area contributed by atoms with Crippen molar-refractivity contribution in [2.24, 2.45) is 5.73 Å². The molecule has 1 aliphatic rings. The molecule has 0 radical (unpaired) electrons. The number of hydrogen-bond donors (Lipinski definition) is 1. The highest BCUT2D eigenvalue weighted by Crippen LogP contribution is 2.29. The Bertz CT molecular complexity index is 223. The fourth-order valence-corrected chi connectivity index (χ4v) is 3.44. The Balaban J connectivity index is 2.38. The second-order valence-electron chi connectivity index (χ2n) is 6.77. The zero-order valence-corrected chi connectivity index (χ0v) is 13.6. The number of nitrogens with two attached hydrogens (primary N) is 1. The molecule has 2 heteroatoms. The molecule has 0 saturated heterocycles. The summed E-state index contributed by atoms with van der Waals surface area (Å²) in [4.78, 5) is 2.62. The van der Waals surface area contributed by atoms with Crippen LogP contribution in [0.1, 0.15) is 84.5 Å². The Morgan fingerprint density at radius 3 is 2.26 bits per heavy atom. The van der Waals surface area contributed by atoms with Gasteiger partial charge in [0.25, 0.3) is 0 Å². The van der Waals surface area contributed by atoms with E-state index in [4.69, 9.17) is 5.73 Å². The monoisotopic (exact) mass is 268 g/mol. The quantitative estimate of drug-likeness (QED) is 0.631. The molecule has 0 aromatic heterocycles. The van der Waals surface area contributed by atoms with Crippen molar-refractivity contribution < 1.29 is 0 Å². The topological polar surface area (TPSA) is 29.3 Å². The second-order valence-corrected chi connectivity index (χ2v) is 6.77. The van der Waals surface area contributed by atoms with Gasteiger partial charge in [-0.1, -0.05) is 58.3 Å². The average molecular weight is 268 g/mol. The summed E-state index contributed by atoms with van der Waals surface area (Å²) in [5.41, 5.74) is 6.33. The molecule has 1 unspecified atom stereocenters. The smallest absolute Gasteiger partial charge is 0.0303 e. The van der Waals surface area contributed by atoms with Gasteiger partial charge in [-0.25, -0.2) is 0 Å². The minimum atomic E-state index is 0.216. The lowest BCUT2D eigenvalue weighted by molar-refractivity contribution is 0.0618. The van der Waals surface area contributed by atoms with E-state index in [1.165, 1.54) is 70.6 Å². The van der Waals surface area contributed by atoms with Crippen LogP contribution in [0.3, 0.4) is 0 Å². The van der Waals surface area contributed by atoms with Crippen LogP contribution in [-0.4, -0.2) is 30.1 Å². The van der Waals surface area contributed by atoms with Crippen LogP contribution in [0.25, 0.3) is 0 Å². The molecule has 1 aliphatic carbocycles. The molecule has 1 fully saturated rings. The van der Waals surface area contributed by atoms with Crippen molar-refractivity contribution in [1.29, 1.82) is 0 Å². The van der Waals surface area contributed by atoms with Crippen molar-refractivity contribution in [3.8, 4) is 0 Å². The molecule has 0 heterocycles. The molecule has 0 spiro atoms. The number of unbranched alkanes of at least 4 members (excludes halogenated alkanes) is 4. The van der Waals surface area contributed by atoms with E-state index >= 15 is 0 Å². The van der Waals surface area contributed by atoms with Gasteiger partial charge in [-0.3, -0.25) is 4.90 Å². The molecule has 0 aromatic carbocycles. The second kappa shape index (κ2) is 8.97. The highest BCUT2D eigenvalue weighted by Gasteiger charge is 2.32. The van der Waals surface area contributed by atoms with Gasteiger partial charge in [-0.2, -0.15) is 0 Å². The van der Waals surface area contributed by atoms with Crippen LogP contribution >= 0.6 is 0 Å². The first-order valence-corrected chi connectivity index (χ1v) is 8.57. The van der Waals surface area contributed by atoms with Crippen molar-refractivity contribution in [1.82, 2.24) is 4.90 Å². The Morgan fingerprint density at radius 2 is 1.68 bits per heavy atom. The van der Waals surface area contributed by atoms with Crippen molar-refractivity contribution >= 4 is 0 Å². The number of likely N-dealkylation sites (N-methyl/N-ethyl adjacent to an activating group) is 1.